The van der Waals surface area contributed by atoms with Crippen molar-refractivity contribution < 1.29 is 0 Å². The molecule has 2 aromatic heterocycles. The van der Waals surface area contributed by atoms with Crippen LogP contribution in [-0.4, -0.2) is 9.97 Å². The molecule has 118 valence electrons. The van der Waals surface area contributed by atoms with Crippen LogP contribution in [0, 0.1) is 11.8 Å². The van der Waals surface area contributed by atoms with Crippen LogP contribution in [0.1, 0.15) is 37.3 Å². The number of hydrogen-bond donors (Lipinski definition) is 0. The fraction of sp³-hybridized carbons (Fsp3) is 0.333. The van der Waals surface area contributed by atoms with Crippen LogP contribution in [0.25, 0.3) is 6.08 Å². The van der Waals surface area contributed by atoms with Crippen molar-refractivity contribution in [2.75, 3.05) is 0 Å². The minimum absolute atomic E-state index is 0.515. The van der Waals surface area contributed by atoms with Gasteiger partial charge in [0.25, 0.3) is 0 Å². The highest BCUT2D eigenvalue weighted by molar-refractivity contribution is 5.58. The summed E-state index contributed by atoms with van der Waals surface area (Å²) in [5.74, 6) is 1.26. The zero-order chi connectivity index (χ0) is 16.1. The lowest BCUT2D eigenvalue weighted by Gasteiger charge is -2.33. The molecule has 0 radical (unpaired) electrons. The molecule has 0 aromatic carbocycles. The van der Waals surface area contributed by atoms with Gasteiger partial charge in [-0.25, -0.2) is 0 Å². The summed E-state index contributed by atoms with van der Waals surface area (Å²) in [6.07, 6.45) is 14.4. The molecule has 1 saturated carbocycles. The molecule has 0 bridgehead atoms. The SMILES string of the molecule is C=C1/C(=C/c2cccnc2)CC(CC)CC1Cc1cccnc1. The van der Waals surface area contributed by atoms with E-state index in [2.05, 4.69) is 41.7 Å². The minimum Gasteiger partial charge on any atom is -0.264 e. The quantitative estimate of drug-likeness (QED) is 0.785. The summed E-state index contributed by atoms with van der Waals surface area (Å²) >= 11 is 0. The Hall–Kier alpha value is -2.22. The zero-order valence-corrected chi connectivity index (χ0v) is 13.8. The van der Waals surface area contributed by atoms with Gasteiger partial charge in [-0.1, -0.05) is 32.1 Å². The van der Waals surface area contributed by atoms with E-state index >= 15 is 0 Å². The number of allylic oxidation sites excluding steroid dienone is 2. The van der Waals surface area contributed by atoms with Crippen molar-refractivity contribution in [2.45, 2.75) is 32.6 Å². The smallest absolute Gasteiger partial charge is 0.0340 e. The maximum Gasteiger partial charge on any atom is 0.0340 e. The molecule has 3 rings (SSSR count). The van der Waals surface area contributed by atoms with E-state index in [1.165, 1.54) is 35.1 Å². The lowest BCUT2D eigenvalue weighted by molar-refractivity contribution is 0.362. The van der Waals surface area contributed by atoms with Crippen molar-refractivity contribution in [1.82, 2.24) is 9.97 Å². The lowest BCUT2D eigenvalue weighted by atomic mass is 9.72. The summed E-state index contributed by atoms with van der Waals surface area (Å²) in [5.41, 5.74) is 5.16. The van der Waals surface area contributed by atoms with Gasteiger partial charge in [0.15, 0.2) is 0 Å². The second-order valence-electron chi connectivity index (χ2n) is 6.46. The Balaban J connectivity index is 1.83. The first-order valence-corrected chi connectivity index (χ1v) is 8.45. The summed E-state index contributed by atoms with van der Waals surface area (Å²) in [4.78, 5) is 8.47. The van der Waals surface area contributed by atoms with Crippen molar-refractivity contribution in [3.63, 3.8) is 0 Å². The first-order chi connectivity index (χ1) is 11.3. The maximum atomic E-state index is 4.43. The van der Waals surface area contributed by atoms with Gasteiger partial charge in [-0.2, -0.15) is 0 Å². The molecule has 0 aliphatic heterocycles. The molecule has 2 heterocycles. The van der Waals surface area contributed by atoms with E-state index in [9.17, 15) is 0 Å². The van der Waals surface area contributed by atoms with E-state index in [4.69, 9.17) is 0 Å². The standard InChI is InChI=1S/C21H24N2/c1-3-17-10-20(12-18-6-4-8-22-14-18)16(2)21(11-17)13-19-7-5-9-23-15-19/h4-9,12,14-15,17,21H,2-3,10-11,13H2,1H3/b20-12+. The Labute approximate surface area is 139 Å². The second-order valence-corrected chi connectivity index (χ2v) is 6.46. The molecule has 0 N–H and O–H groups in total. The third-order valence-corrected chi connectivity index (χ3v) is 4.84. The molecule has 23 heavy (non-hydrogen) atoms. The first kappa shape index (κ1) is 15.7. The number of nitrogens with zero attached hydrogens (tertiary/aromatic N) is 2. The predicted molar refractivity (Wildman–Crippen MR) is 95.8 cm³/mol. The Bertz CT molecular complexity index is 674. The van der Waals surface area contributed by atoms with E-state index in [0.717, 1.165) is 18.8 Å². The Morgan fingerprint density at radius 2 is 1.96 bits per heavy atom. The molecule has 0 saturated heterocycles. The van der Waals surface area contributed by atoms with Crippen molar-refractivity contribution >= 4 is 6.08 Å². The van der Waals surface area contributed by atoms with E-state index in [0.29, 0.717) is 5.92 Å². The van der Waals surface area contributed by atoms with Gasteiger partial charge in [-0.15, -0.1) is 0 Å². The molecule has 2 unspecified atom stereocenters. The van der Waals surface area contributed by atoms with Crippen molar-refractivity contribution in [3.05, 3.63) is 77.9 Å². The van der Waals surface area contributed by atoms with Crippen LogP contribution < -0.4 is 0 Å². The third kappa shape index (κ3) is 3.95. The zero-order valence-electron chi connectivity index (χ0n) is 13.8. The summed E-state index contributed by atoms with van der Waals surface area (Å²) in [6, 6.07) is 8.28. The van der Waals surface area contributed by atoms with Crippen molar-refractivity contribution in [1.29, 1.82) is 0 Å². The van der Waals surface area contributed by atoms with Crippen LogP contribution in [0.5, 0.6) is 0 Å². The van der Waals surface area contributed by atoms with Crippen LogP contribution in [0.4, 0.5) is 0 Å². The molecule has 2 nitrogen and oxygen atoms in total. The Morgan fingerprint density at radius 3 is 2.61 bits per heavy atom. The Morgan fingerprint density at radius 1 is 1.17 bits per heavy atom. The molecule has 1 aliphatic rings. The number of aromatic nitrogens is 2. The third-order valence-electron chi connectivity index (χ3n) is 4.84. The van der Waals surface area contributed by atoms with Crippen LogP contribution in [0.2, 0.25) is 0 Å². The van der Waals surface area contributed by atoms with Crippen LogP contribution >= 0.6 is 0 Å². The second kappa shape index (κ2) is 7.36. The van der Waals surface area contributed by atoms with E-state index in [-0.39, 0.29) is 0 Å². The summed E-state index contributed by atoms with van der Waals surface area (Å²) in [5, 5.41) is 0. The van der Waals surface area contributed by atoms with Gasteiger partial charge >= 0.3 is 0 Å². The van der Waals surface area contributed by atoms with E-state index in [1.54, 1.807) is 0 Å². The average molecular weight is 304 g/mol. The van der Waals surface area contributed by atoms with Crippen molar-refractivity contribution in [3.8, 4) is 0 Å². The highest BCUT2D eigenvalue weighted by Crippen LogP contribution is 2.40. The molecule has 1 fully saturated rings. The Kier molecular flexibility index (Phi) is 5.02. The number of rotatable bonds is 4. The van der Waals surface area contributed by atoms with Gasteiger partial charge in [0.2, 0.25) is 0 Å². The average Bonchev–Trinajstić information content (AvgIpc) is 2.60. The van der Waals surface area contributed by atoms with Gasteiger partial charge < -0.3 is 0 Å². The molecule has 0 amide bonds. The highest BCUT2D eigenvalue weighted by Gasteiger charge is 2.27. The molecule has 2 aromatic rings. The molecule has 2 heteroatoms. The largest absolute Gasteiger partial charge is 0.264 e. The molecule has 1 aliphatic carbocycles. The topological polar surface area (TPSA) is 25.8 Å². The number of pyridine rings is 2. The molecule has 0 spiro atoms. The van der Waals surface area contributed by atoms with E-state index < -0.39 is 0 Å². The van der Waals surface area contributed by atoms with Crippen LogP contribution in [0.3, 0.4) is 0 Å². The molecular weight excluding hydrogens is 280 g/mol. The molecular formula is C21H24N2. The summed E-state index contributed by atoms with van der Waals surface area (Å²) in [6.45, 7) is 6.72. The monoisotopic (exact) mass is 304 g/mol. The minimum atomic E-state index is 0.515. The van der Waals surface area contributed by atoms with Gasteiger partial charge in [-0.05, 0) is 71.6 Å². The summed E-state index contributed by atoms with van der Waals surface area (Å²) < 4.78 is 0. The normalized spacial score (nSPS) is 23.2. The fourth-order valence-electron chi connectivity index (χ4n) is 3.47. The lowest BCUT2D eigenvalue weighted by Crippen LogP contribution is -2.21. The van der Waals surface area contributed by atoms with Gasteiger partial charge in [0.1, 0.15) is 0 Å². The van der Waals surface area contributed by atoms with Crippen LogP contribution in [0.15, 0.2) is 66.8 Å². The highest BCUT2D eigenvalue weighted by atomic mass is 14.6. The van der Waals surface area contributed by atoms with Crippen molar-refractivity contribution in [2.24, 2.45) is 11.8 Å². The van der Waals surface area contributed by atoms with Crippen LogP contribution in [-0.2, 0) is 6.42 Å². The van der Waals surface area contributed by atoms with Gasteiger partial charge in [0, 0.05) is 24.8 Å². The fourth-order valence-corrected chi connectivity index (χ4v) is 3.47. The molecule has 2 atom stereocenters. The predicted octanol–water partition coefficient (Wildman–Crippen LogP) is 5.10. The first-order valence-electron chi connectivity index (χ1n) is 8.45. The summed E-state index contributed by atoms with van der Waals surface area (Å²) in [7, 11) is 0. The maximum absolute atomic E-state index is 4.43. The van der Waals surface area contributed by atoms with Gasteiger partial charge in [0.05, 0.1) is 0 Å². The van der Waals surface area contributed by atoms with E-state index in [1.807, 2.05) is 36.9 Å². The van der Waals surface area contributed by atoms with Gasteiger partial charge in [-0.3, -0.25) is 9.97 Å². The number of hydrogen-bond acceptors (Lipinski definition) is 2.